The molecule has 4 aliphatic rings. The summed E-state index contributed by atoms with van der Waals surface area (Å²) < 4.78 is 0. The van der Waals surface area contributed by atoms with Crippen molar-refractivity contribution in [3.05, 3.63) is 11.6 Å². The summed E-state index contributed by atoms with van der Waals surface area (Å²) in [5.41, 5.74) is 1.09. The van der Waals surface area contributed by atoms with Crippen molar-refractivity contribution in [3.63, 3.8) is 0 Å². The van der Waals surface area contributed by atoms with E-state index in [1.165, 1.54) is 5.57 Å². The van der Waals surface area contributed by atoms with Gasteiger partial charge < -0.3 is 0 Å². The van der Waals surface area contributed by atoms with E-state index >= 15 is 0 Å². The molecule has 116 valence electrons. The van der Waals surface area contributed by atoms with Crippen LogP contribution in [0.5, 0.6) is 0 Å². The van der Waals surface area contributed by atoms with Crippen LogP contribution in [0.25, 0.3) is 0 Å². The number of allylic oxidation sites excluding steroid dienone is 1. The standard InChI is InChI=1S/C20H24O2/c1-3-20-11-9-16-15(17(20)6-7-18(20)22)5-4-13-12-14(21)8-10-19(13,16)2/h1,12,15-17H,4-11H2,2H3/t15-,16+,17+,19?,20?/m1/s1. The molecule has 0 aliphatic heterocycles. The van der Waals surface area contributed by atoms with Crippen molar-refractivity contribution < 1.29 is 9.59 Å². The van der Waals surface area contributed by atoms with Gasteiger partial charge in [-0.3, -0.25) is 9.59 Å². The summed E-state index contributed by atoms with van der Waals surface area (Å²) in [7, 11) is 0. The van der Waals surface area contributed by atoms with E-state index in [4.69, 9.17) is 6.42 Å². The van der Waals surface area contributed by atoms with Crippen LogP contribution in [0.15, 0.2) is 11.6 Å². The Morgan fingerprint density at radius 2 is 1.91 bits per heavy atom. The zero-order chi connectivity index (χ0) is 15.5. The first-order valence-corrected chi connectivity index (χ1v) is 8.76. The van der Waals surface area contributed by atoms with Crippen molar-refractivity contribution in [2.24, 2.45) is 28.6 Å². The molecule has 0 spiro atoms. The zero-order valence-electron chi connectivity index (χ0n) is 13.4. The Labute approximate surface area is 132 Å². The Morgan fingerprint density at radius 1 is 1.09 bits per heavy atom. The van der Waals surface area contributed by atoms with Crippen LogP contribution < -0.4 is 0 Å². The molecule has 0 amide bonds. The predicted molar refractivity (Wildman–Crippen MR) is 84.9 cm³/mol. The van der Waals surface area contributed by atoms with E-state index in [-0.39, 0.29) is 5.41 Å². The van der Waals surface area contributed by atoms with Gasteiger partial charge in [0.2, 0.25) is 0 Å². The molecule has 0 heterocycles. The third-order valence-electron chi connectivity index (χ3n) is 7.48. The minimum Gasteiger partial charge on any atom is -0.298 e. The maximum atomic E-state index is 12.4. The Morgan fingerprint density at radius 3 is 2.68 bits per heavy atom. The Balaban J connectivity index is 1.72. The third-order valence-corrected chi connectivity index (χ3v) is 7.48. The highest BCUT2D eigenvalue weighted by Gasteiger charge is 2.60. The van der Waals surface area contributed by atoms with Gasteiger partial charge in [-0.1, -0.05) is 18.4 Å². The predicted octanol–water partition coefficient (Wildman–Crippen LogP) is 3.70. The quantitative estimate of drug-likeness (QED) is 0.639. The van der Waals surface area contributed by atoms with Crippen molar-refractivity contribution in [3.8, 4) is 12.3 Å². The molecule has 3 fully saturated rings. The molecule has 5 atom stereocenters. The van der Waals surface area contributed by atoms with E-state index in [1.54, 1.807) is 0 Å². The van der Waals surface area contributed by atoms with Gasteiger partial charge in [0.1, 0.15) is 0 Å². The van der Waals surface area contributed by atoms with Crippen LogP contribution in [0.2, 0.25) is 0 Å². The van der Waals surface area contributed by atoms with Gasteiger partial charge in [-0.2, -0.15) is 0 Å². The fraction of sp³-hybridized carbons (Fsp3) is 0.700. The number of hydrogen-bond donors (Lipinski definition) is 0. The summed E-state index contributed by atoms with van der Waals surface area (Å²) in [6.07, 6.45) is 15.2. The molecule has 22 heavy (non-hydrogen) atoms. The number of ketones is 2. The summed E-state index contributed by atoms with van der Waals surface area (Å²) in [4.78, 5) is 24.2. The van der Waals surface area contributed by atoms with E-state index in [9.17, 15) is 9.59 Å². The summed E-state index contributed by atoms with van der Waals surface area (Å²) in [6, 6.07) is 0. The summed E-state index contributed by atoms with van der Waals surface area (Å²) >= 11 is 0. The number of rotatable bonds is 0. The fourth-order valence-electron chi connectivity index (χ4n) is 6.28. The molecule has 0 aromatic carbocycles. The maximum Gasteiger partial charge on any atom is 0.155 e. The first-order valence-electron chi connectivity index (χ1n) is 8.76. The van der Waals surface area contributed by atoms with E-state index in [0.29, 0.717) is 42.2 Å². The van der Waals surface area contributed by atoms with E-state index in [0.717, 1.165) is 38.5 Å². The smallest absolute Gasteiger partial charge is 0.155 e. The molecular weight excluding hydrogens is 272 g/mol. The van der Waals surface area contributed by atoms with Crippen LogP contribution in [0.4, 0.5) is 0 Å². The topological polar surface area (TPSA) is 34.1 Å². The lowest BCUT2D eigenvalue weighted by Gasteiger charge is -2.56. The molecule has 0 aromatic heterocycles. The third kappa shape index (κ3) is 1.63. The molecule has 2 unspecified atom stereocenters. The molecular formula is C20H24O2. The van der Waals surface area contributed by atoms with E-state index in [2.05, 4.69) is 12.8 Å². The molecule has 4 aliphatic carbocycles. The van der Waals surface area contributed by atoms with Gasteiger partial charge in [0.05, 0.1) is 5.41 Å². The van der Waals surface area contributed by atoms with Crippen molar-refractivity contribution in [1.29, 1.82) is 0 Å². The average molecular weight is 296 g/mol. The minimum atomic E-state index is -0.455. The Kier molecular flexibility index (Phi) is 2.96. The van der Waals surface area contributed by atoms with Crippen molar-refractivity contribution in [2.75, 3.05) is 0 Å². The molecule has 3 saturated carbocycles. The van der Waals surface area contributed by atoms with Crippen molar-refractivity contribution in [1.82, 2.24) is 0 Å². The van der Waals surface area contributed by atoms with E-state index < -0.39 is 5.41 Å². The minimum absolute atomic E-state index is 0.170. The number of terminal acetylenes is 1. The molecule has 4 rings (SSSR count). The van der Waals surface area contributed by atoms with Gasteiger partial charge in [0.25, 0.3) is 0 Å². The van der Waals surface area contributed by atoms with Crippen LogP contribution >= 0.6 is 0 Å². The fourth-order valence-corrected chi connectivity index (χ4v) is 6.28. The second kappa shape index (κ2) is 4.57. The van der Waals surface area contributed by atoms with Crippen LogP contribution in [-0.2, 0) is 9.59 Å². The average Bonchev–Trinajstić information content (AvgIpc) is 2.86. The maximum absolute atomic E-state index is 12.4. The summed E-state index contributed by atoms with van der Waals surface area (Å²) in [5, 5.41) is 0. The zero-order valence-corrected chi connectivity index (χ0v) is 13.4. The van der Waals surface area contributed by atoms with Gasteiger partial charge in [-0.25, -0.2) is 0 Å². The summed E-state index contributed by atoms with van der Waals surface area (Å²) in [5.74, 6) is 5.13. The molecule has 0 saturated heterocycles. The van der Waals surface area contributed by atoms with Crippen LogP contribution in [-0.4, -0.2) is 11.6 Å². The first kappa shape index (κ1) is 14.2. The molecule has 0 radical (unpaired) electrons. The highest BCUT2D eigenvalue weighted by atomic mass is 16.1. The van der Waals surface area contributed by atoms with Gasteiger partial charge in [0.15, 0.2) is 11.6 Å². The SMILES string of the molecule is C#CC12CC[C@H]3[C@@H](CCC4=CC(=O)CCC43C)[C@@H]1CCC2=O. The Hall–Kier alpha value is -1.36. The van der Waals surface area contributed by atoms with Crippen LogP contribution in [0.1, 0.15) is 58.3 Å². The number of carbonyl (C=O) groups excluding carboxylic acids is 2. The number of carbonyl (C=O) groups is 2. The lowest BCUT2D eigenvalue weighted by atomic mass is 9.47. The van der Waals surface area contributed by atoms with Gasteiger partial charge in [-0.15, -0.1) is 6.42 Å². The van der Waals surface area contributed by atoms with Gasteiger partial charge >= 0.3 is 0 Å². The van der Waals surface area contributed by atoms with Gasteiger partial charge in [-0.05, 0) is 67.8 Å². The van der Waals surface area contributed by atoms with Crippen LogP contribution in [0, 0.1) is 40.9 Å². The number of Topliss-reactive ketones (excluding diaryl/α,β-unsaturated/α-hetero) is 1. The van der Waals surface area contributed by atoms with Crippen LogP contribution in [0.3, 0.4) is 0 Å². The first-order chi connectivity index (χ1) is 10.5. The van der Waals surface area contributed by atoms with Crippen molar-refractivity contribution in [2.45, 2.75) is 58.3 Å². The Bertz CT molecular complexity index is 622. The van der Waals surface area contributed by atoms with Gasteiger partial charge in [0, 0.05) is 12.8 Å². The second-order valence-corrected chi connectivity index (χ2v) is 8.09. The highest BCUT2D eigenvalue weighted by molar-refractivity contribution is 5.92. The molecule has 2 heteroatoms. The van der Waals surface area contributed by atoms with Crippen molar-refractivity contribution >= 4 is 11.6 Å². The molecule has 2 nitrogen and oxygen atoms in total. The summed E-state index contributed by atoms with van der Waals surface area (Å²) in [6.45, 7) is 2.36. The molecule has 0 bridgehead atoms. The second-order valence-electron chi connectivity index (χ2n) is 8.09. The molecule has 0 aromatic rings. The normalized spacial score (nSPS) is 47.1. The highest BCUT2D eigenvalue weighted by Crippen LogP contribution is 2.64. The van der Waals surface area contributed by atoms with E-state index in [1.807, 2.05) is 6.08 Å². The lowest BCUT2D eigenvalue weighted by Crippen LogP contribution is -2.51. The number of fused-ring (bicyclic) bond motifs is 5. The number of hydrogen-bond acceptors (Lipinski definition) is 2. The monoisotopic (exact) mass is 296 g/mol. The largest absolute Gasteiger partial charge is 0.298 e. The lowest BCUT2D eigenvalue weighted by molar-refractivity contribution is -0.129. The molecule has 0 N–H and O–H groups in total.